The lowest BCUT2D eigenvalue weighted by Crippen LogP contribution is -2.34. The molecule has 0 aliphatic carbocycles. The fourth-order valence-electron chi connectivity index (χ4n) is 1.30. The minimum Gasteiger partial charge on any atom is -0.460 e. The molecule has 3 N–H and O–H groups in total. The molecule has 6 nitrogen and oxygen atoms in total. The number of nitrogens with two attached hydrogens (primary N) is 1. The first kappa shape index (κ1) is 18.8. The molecule has 0 saturated carbocycles. The molecule has 0 aromatic carbocycles. The fourth-order valence-corrected chi connectivity index (χ4v) is 1.30. The van der Waals surface area contributed by atoms with Gasteiger partial charge in [0.05, 0.1) is 6.61 Å². The van der Waals surface area contributed by atoms with Gasteiger partial charge in [-0.05, 0) is 25.0 Å². The number of hydrogen-bond donors (Lipinski definition) is 2. The number of aliphatic imine (C=N–C) groups is 1. The lowest BCUT2D eigenvalue weighted by molar-refractivity contribution is 0.0488. The molecule has 114 valence electrons. The molecule has 0 radical (unpaired) electrons. The van der Waals surface area contributed by atoms with Crippen molar-refractivity contribution < 1.29 is 13.9 Å². The molecule has 0 aliphatic heterocycles. The van der Waals surface area contributed by atoms with Crippen LogP contribution in [0, 0.1) is 5.92 Å². The highest BCUT2D eigenvalue weighted by molar-refractivity contribution is 14.0. The van der Waals surface area contributed by atoms with Crippen molar-refractivity contribution in [3.05, 3.63) is 23.7 Å². The minimum absolute atomic E-state index is 0. The van der Waals surface area contributed by atoms with Crippen LogP contribution < -0.4 is 11.1 Å². The molecule has 1 aromatic rings. The lowest BCUT2D eigenvalue weighted by Gasteiger charge is -2.07. The molecule has 0 aliphatic rings. The number of ether oxygens (including phenoxy) is 1. The van der Waals surface area contributed by atoms with Crippen LogP contribution in [-0.4, -0.2) is 25.1 Å². The van der Waals surface area contributed by atoms with E-state index in [9.17, 15) is 4.79 Å². The molecular weight excluding hydrogens is 373 g/mol. The molecule has 0 amide bonds. The van der Waals surface area contributed by atoms with Crippen molar-refractivity contribution >= 4 is 35.9 Å². The summed E-state index contributed by atoms with van der Waals surface area (Å²) >= 11 is 0. The summed E-state index contributed by atoms with van der Waals surface area (Å²) in [6.45, 7) is 7.28. The molecule has 0 saturated heterocycles. The molecular formula is C13H22IN3O3. The Morgan fingerprint density at radius 1 is 1.50 bits per heavy atom. The average Bonchev–Trinajstić information content (AvgIpc) is 2.83. The van der Waals surface area contributed by atoms with Crippen molar-refractivity contribution in [2.75, 3.05) is 13.2 Å². The molecule has 0 atom stereocenters. The van der Waals surface area contributed by atoms with Crippen LogP contribution in [0.15, 0.2) is 21.5 Å². The third-order valence-electron chi connectivity index (χ3n) is 2.23. The van der Waals surface area contributed by atoms with Gasteiger partial charge < -0.3 is 20.2 Å². The summed E-state index contributed by atoms with van der Waals surface area (Å²) in [7, 11) is 0. The first-order valence-electron chi connectivity index (χ1n) is 6.32. The molecule has 20 heavy (non-hydrogen) atoms. The van der Waals surface area contributed by atoms with Crippen LogP contribution in [0.25, 0.3) is 0 Å². The zero-order valence-corrected chi connectivity index (χ0v) is 14.3. The van der Waals surface area contributed by atoms with Gasteiger partial charge in [-0.25, -0.2) is 9.79 Å². The zero-order valence-electron chi connectivity index (χ0n) is 12.0. The van der Waals surface area contributed by atoms with Crippen LogP contribution >= 0.6 is 24.0 Å². The predicted molar refractivity (Wildman–Crippen MR) is 88.2 cm³/mol. The second-order valence-electron chi connectivity index (χ2n) is 4.46. The number of carbonyl (C=O) groups is 1. The predicted octanol–water partition coefficient (Wildman–Crippen LogP) is 2.13. The Morgan fingerprint density at radius 3 is 2.80 bits per heavy atom. The largest absolute Gasteiger partial charge is 0.460 e. The number of rotatable bonds is 6. The van der Waals surface area contributed by atoms with E-state index >= 15 is 0 Å². The van der Waals surface area contributed by atoms with Gasteiger partial charge in [-0.15, -0.1) is 24.0 Å². The highest BCUT2D eigenvalue weighted by atomic mass is 127. The summed E-state index contributed by atoms with van der Waals surface area (Å²) in [4.78, 5) is 15.5. The van der Waals surface area contributed by atoms with Gasteiger partial charge in [0.25, 0.3) is 0 Å². The summed E-state index contributed by atoms with van der Waals surface area (Å²) in [5.74, 6) is 1.14. The van der Waals surface area contributed by atoms with Gasteiger partial charge in [0.2, 0.25) is 5.76 Å². The summed E-state index contributed by atoms with van der Waals surface area (Å²) in [6, 6.07) is 3.26. The zero-order chi connectivity index (χ0) is 14.3. The molecule has 1 heterocycles. The number of esters is 1. The number of hydrogen-bond acceptors (Lipinski definition) is 4. The number of furan rings is 1. The van der Waals surface area contributed by atoms with Gasteiger partial charge in [0, 0.05) is 6.54 Å². The van der Waals surface area contributed by atoms with E-state index in [0.29, 0.717) is 24.2 Å². The highest BCUT2D eigenvalue weighted by Crippen LogP contribution is 2.10. The Kier molecular flexibility index (Phi) is 9.02. The van der Waals surface area contributed by atoms with Gasteiger partial charge in [-0.2, -0.15) is 0 Å². The molecule has 0 bridgehead atoms. The van der Waals surface area contributed by atoms with Crippen LogP contribution in [0.2, 0.25) is 0 Å². The Labute approximate surface area is 136 Å². The Balaban J connectivity index is 0.00000361. The van der Waals surface area contributed by atoms with Crippen molar-refractivity contribution in [2.45, 2.75) is 27.3 Å². The van der Waals surface area contributed by atoms with Crippen molar-refractivity contribution in [3.63, 3.8) is 0 Å². The second kappa shape index (κ2) is 9.62. The maximum absolute atomic E-state index is 11.4. The first-order chi connectivity index (χ1) is 9.02. The van der Waals surface area contributed by atoms with E-state index in [4.69, 9.17) is 14.9 Å². The van der Waals surface area contributed by atoms with E-state index in [1.807, 2.05) is 0 Å². The van der Waals surface area contributed by atoms with Gasteiger partial charge in [-0.1, -0.05) is 13.8 Å². The second-order valence-corrected chi connectivity index (χ2v) is 4.46. The van der Waals surface area contributed by atoms with Crippen molar-refractivity contribution in [1.29, 1.82) is 0 Å². The van der Waals surface area contributed by atoms with Crippen molar-refractivity contribution in [1.82, 2.24) is 5.32 Å². The van der Waals surface area contributed by atoms with E-state index in [0.717, 1.165) is 6.54 Å². The number of guanidine groups is 1. The van der Waals surface area contributed by atoms with E-state index in [2.05, 4.69) is 24.2 Å². The monoisotopic (exact) mass is 395 g/mol. The van der Waals surface area contributed by atoms with Crippen LogP contribution in [0.4, 0.5) is 0 Å². The number of nitrogens with one attached hydrogen (secondary N) is 1. The Hall–Kier alpha value is -1.25. The molecule has 7 heteroatoms. The lowest BCUT2D eigenvalue weighted by atomic mass is 10.2. The maximum Gasteiger partial charge on any atom is 0.374 e. The first-order valence-corrected chi connectivity index (χ1v) is 6.32. The molecule has 1 aromatic heterocycles. The quantitative estimate of drug-likeness (QED) is 0.333. The van der Waals surface area contributed by atoms with Gasteiger partial charge in [0.1, 0.15) is 12.3 Å². The third kappa shape index (κ3) is 6.78. The van der Waals surface area contributed by atoms with Gasteiger partial charge >= 0.3 is 5.97 Å². The number of halogens is 1. The Morgan fingerprint density at radius 2 is 2.20 bits per heavy atom. The minimum atomic E-state index is -0.469. The molecule has 0 fully saturated rings. The Bertz CT molecular complexity index is 444. The third-order valence-corrected chi connectivity index (χ3v) is 2.23. The van der Waals surface area contributed by atoms with E-state index in [-0.39, 0.29) is 36.3 Å². The smallest absolute Gasteiger partial charge is 0.374 e. The fraction of sp³-hybridized carbons (Fsp3) is 0.538. The molecule has 0 spiro atoms. The average molecular weight is 395 g/mol. The van der Waals surface area contributed by atoms with Crippen LogP contribution in [0.3, 0.4) is 0 Å². The SMILES string of the molecule is CCOC(=O)c1ccc(CN=C(N)NCC(C)C)o1.I. The van der Waals surface area contributed by atoms with Gasteiger partial charge in [0.15, 0.2) is 5.96 Å². The number of carbonyl (C=O) groups excluding carboxylic acids is 1. The van der Waals surface area contributed by atoms with Crippen LogP contribution in [0.5, 0.6) is 0 Å². The summed E-state index contributed by atoms with van der Waals surface area (Å²) < 4.78 is 10.1. The summed E-state index contributed by atoms with van der Waals surface area (Å²) in [5.41, 5.74) is 5.69. The van der Waals surface area contributed by atoms with E-state index in [1.54, 1.807) is 19.1 Å². The summed E-state index contributed by atoms with van der Waals surface area (Å²) in [6.07, 6.45) is 0. The topological polar surface area (TPSA) is 89.8 Å². The number of nitrogens with zero attached hydrogens (tertiary/aromatic N) is 1. The molecule has 0 unspecified atom stereocenters. The van der Waals surface area contributed by atoms with Crippen molar-refractivity contribution in [3.8, 4) is 0 Å². The summed E-state index contributed by atoms with van der Waals surface area (Å²) in [5, 5.41) is 3.00. The molecule has 1 rings (SSSR count). The highest BCUT2D eigenvalue weighted by Gasteiger charge is 2.11. The normalized spacial score (nSPS) is 11.1. The van der Waals surface area contributed by atoms with Crippen LogP contribution in [-0.2, 0) is 11.3 Å². The van der Waals surface area contributed by atoms with Crippen LogP contribution in [0.1, 0.15) is 37.1 Å². The van der Waals surface area contributed by atoms with E-state index in [1.165, 1.54) is 0 Å². The van der Waals surface area contributed by atoms with Gasteiger partial charge in [-0.3, -0.25) is 0 Å². The van der Waals surface area contributed by atoms with E-state index < -0.39 is 5.97 Å². The maximum atomic E-state index is 11.4. The standard InChI is InChI=1S/C13H21N3O3.HI/c1-4-18-12(17)11-6-5-10(19-11)8-16-13(14)15-7-9(2)3;/h5-6,9H,4,7-8H2,1-3H3,(H3,14,15,16);1H. The van der Waals surface area contributed by atoms with Crippen molar-refractivity contribution in [2.24, 2.45) is 16.6 Å².